The molecule has 1 fully saturated rings. The summed E-state index contributed by atoms with van der Waals surface area (Å²) in [5.74, 6) is 5.49. The average Bonchev–Trinajstić information content (AvgIpc) is 2.75. The Kier molecular flexibility index (Phi) is 4.00. The summed E-state index contributed by atoms with van der Waals surface area (Å²) in [5.41, 5.74) is 2.53. The number of nitrogens with zero attached hydrogens (tertiary/aromatic N) is 1. The van der Waals surface area contributed by atoms with E-state index in [2.05, 4.69) is 24.2 Å². The van der Waals surface area contributed by atoms with Crippen LogP contribution in [0, 0.1) is 0 Å². The molecule has 0 aromatic carbocycles. The van der Waals surface area contributed by atoms with Gasteiger partial charge in [0.25, 0.3) is 5.91 Å². The number of carbonyl (C=O) groups excluding carboxylic acids is 1. The Labute approximate surface area is 106 Å². The van der Waals surface area contributed by atoms with Crippen LogP contribution in [0.15, 0.2) is 16.7 Å². The third-order valence-corrected chi connectivity index (χ3v) is 2.92. The van der Waals surface area contributed by atoms with E-state index in [4.69, 9.17) is 15.0 Å². The second kappa shape index (κ2) is 5.51. The Morgan fingerprint density at radius 3 is 2.78 bits per heavy atom. The van der Waals surface area contributed by atoms with Crippen molar-refractivity contribution in [3.8, 4) is 0 Å². The van der Waals surface area contributed by atoms with E-state index in [9.17, 15) is 4.79 Å². The number of hydrogen-bond donors (Lipinski definition) is 2. The maximum atomic E-state index is 11.3. The Morgan fingerprint density at radius 2 is 2.17 bits per heavy atom. The van der Waals surface area contributed by atoms with Crippen molar-refractivity contribution in [3.05, 3.63) is 23.7 Å². The highest BCUT2D eigenvalue weighted by molar-refractivity contribution is 5.93. The van der Waals surface area contributed by atoms with Crippen molar-refractivity contribution in [2.45, 2.75) is 32.6 Å². The van der Waals surface area contributed by atoms with Gasteiger partial charge in [-0.3, -0.25) is 15.1 Å². The van der Waals surface area contributed by atoms with E-state index in [-0.39, 0.29) is 18.1 Å². The number of ether oxygens (including phenoxy) is 1. The molecule has 1 aromatic heterocycles. The van der Waals surface area contributed by atoms with Crippen molar-refractivity contribution in [2.75, 3.05) is 13.1 Å². The molecule has 1 aromatic rings. The molecule has 0 spiro atoms. The SMILES string of the molecule is CC1CN(Cc2cc(C(=O)NN)co2)CC(C)O1. The minimum atomic E-state index is -0.339. The minimum absolute atomic E-state index is 0.218. The van der Waals surface area contributed by atoms with Crippen molar-refractivity contribution in [3.63, 3.8) is 0 Å². The highest BCUT2D eigenvalue weighted by Crippen LogP contribution is 2.16. The summed E-state index contributed by atoms with van der Waals surface area (Å²) in [6.45, 7) is 6.51. The molecule has 0 aliphatic carbocycles. The van der Waals surface area contributed by atoms with Gasteiger partial charge in [0, 0.05) is 13.1 Å². The maximum absolute atomic E-state index is 11.3. The third kappa shape index (κ3) is 3.10. The van der Waals surface area contributed by atoms with Gasteiger partial charge in [0.05, 0.1) is 24.3 Å². The number of nitrogen functional groups attached to an aromatic ring is 1. The molecule has 18 heavy (non-hydrogen) atoms. The predicted molar refractivity (Wildman–Crippen MR) is 65.6 cm³/mol. The lowest BCUT2D eigenvalue weighted by Gasteiger charge is -2.34. The van der Waals surface area contributed by atoms with Crippen LogP contribution in [0.25, 0.3) is 0 Å². The fraction of sp³-hybridized carbons (Fsp3) is 0.583. The van der Waals surface area contributed by atoms with Crippen LogP contribution >= 0.6 is 0 Å². The Bertz CT molecular complexity index is 408. The molecule has 1 aliphatic heterocycles. The summed E-state index contributed by atoms with van der Waals surface area (Å²) in [6.07, 6.45) is 1.86. The molecule has 2 atom stereocenters. The standard InChI is InChI=1S/C12H19N3O3/c1-8-4-15(5-9(2)18-8)6-11-3-10(7-17-11)12(16)14-13/h3,7-9H,4-6,13H2,1-2H3,(H,14,16). The molecule has 1 aliphatic rings. The fourth-order valence-electron chi connectivity index (χ4n) is 2.30. The van der Waals surface area contributed by atoms with Crippen molar-refractivity contribution < 1.29 is 13.9 Å². The minimum Gasteiger partial charge on any atom is -0.467 e. The van der Waals surface area contributed by atoms with Crippen LogP contribution in [0.4, 0.5) is 0 Å². The van der Waals surface area contributed by atoms with Crippen LogP contribution < -0.4 is 11.3 Å². The molecule has 6 nitrogen and oxygen atoms in total. The second-order valence-electron chi connectivity index (χ2n) is 4.73. The van der Waals surface area contributed by atoms with Crippen LogP contribution in [-0.4, -0.2) is 36.1 Å². The van der Waals surface area contributed by atoms with E-state index in [0.717, 1.165) is 18.8 Å². The van der Waals surface area contributed by atoms with Crippen molar-refractivity contribution in [2.24, 2.45) is 5.84 Å². The molecule has 100 valence electrons. The van der Waals surface area contributed by atoms with Gasteiger partial charge in [0.2, 0.25) is 0 Å². The third-order valence-electron chi connectivity index (χ3n) is 2.92. The maximum Gasteiger partial charge on any atom is 0.268 e. The molecule has 3 N–H and O–H groups in total. The summed E-state index contributed by atoms with van der Waals surface area (Å²) in [4.78, 5) is 13.5. The summed E-state index contributed by atoms with van der Waals surface area (Å²) >= 11 is 0. The highest BCUT2D eigenvalue weighted by atomic mass is 16.5. The lowest BCUT2D eigenvalue weighted by Crippen LogP contribution is -2.44. The monoisotopic (exact) mass is 253 g/mol. The van der Waals surface area contributed by atoms with Gasteiger partial charge in [-0.05, 0) is 19.9 Å². The summed E-state index contributed by atoms with van der Waals surface area (Å²) < 4.78 is 11.0. The molecule has 0 bridgehead atoms. The molecule has 1 amide bonds. The van der Waals surface area contributed by atoms with Crippen molar-refractivity contribution in [1.82, 2.24) is 10.3 Å². The van der Waals surface area contributed by atoms with E-state index in [0.29, 0.717) is 12.1 Å². The van der Waals surface area contributed by atoms with Gasteiger partial charge in [-0.1, -0.05) is 0 Å². The van der Waals surface area contributed by atoms with Crippen LogP contribution in [0.3, 0.4) is 0 Å². The van der Waals surface area contributed by atoms with Gasteiger partial charge in [-0.15, -0.1) is 0 Å². The molecule has 0 radical (unpaired) electrons. The molecule has 0 saturated carbocycles. The molecule has 1 saturated heterocycles. The molecule has 6 heteroatoms. The van der Waals surface area contributed by atoms with Crippen molar-refractivity contribution in [1.29, 1.82) is 0 Å². The number of hydrogen-bond acceptors (Lipinski definition) is 5. The Balaban J connectivity index is 1.96. The summed E-state index contributed by atoms with van der Waals surface area (Å²) in [5, 5.41) is 0. The topological polar surface area (TPSA) is 80.7 Å². The zero-order chi connectivity index (χ0) is 13.1. The first-order valence-corrected chi connectivity index (χ1v) is 6.04. The van der Waals surface area contributed by atoms with Crippen LogP contribution in [0.1, 0.15) is 30.0 Å². The fourth-order valence-corrected chi connectivity index (χ4v) is 2.30. The summed E-state index contributed by atoms with van der Waals surface area (Å²) in [6, 6.07) is 1.72. The number of amides is 1. The predicted octanol–water partition coefficient (Wildman–Crippen LogP) is 0.492. The molecule has 2 unspecified atom stereocenters. The quantitative estimate of drug-likeness (QED) is 0.465. The average molecular weight is 253 g/mol. The first-order chi connectivity index (χ1) is 8.58. The smallest absolute Gasteiger partial charge is 0.268 e. The van der Waals surface area contributed by atoms with E-state index in [1.54, 1.807) is 6.07 Å². The lowest BCUT2D eigenvalue weighted by atomic mass is 10.2. The number of carbonyl (C=O) groups is 1. The van der Waals surface area contributed by atoms with Crippen LogP contribution in [-0.2, 0) is 11.3 Å². The normalized spacial score (nSPS) is 25.1. The van der Waals surface area contributed by atoms with Gasteiger partial charge < -0.3 is 9.15 Å². The first-order valence-electron chi connectivity index (χ1n) is 6.04. The second-order valence-corrected chi connectivity index (χ2v) is 4.73. The number of morpholine rings is 1. The molecular formula is C12H19N3O3. The number of nitrogens with one attached hydrogen (secondary N) is 1. The van der Waals surface area contributed by atoms with E-state index in [1.165, 1.54) is 6.26 Å². The number of nitrogens with two attached hydrogens (primary N) is 1. The first kappa shape index (κ1) is 13.1. The highest BCUT2D eigenvalue weighted by Gasteiger charge is 2.23. The van der Waals surface area contributed by atoms with Crippen LogP contribution in [0.5, 0.6) is 0 Å². The lowest BCUT2D eigenvalue weighted by molar-refractivity contribution is -0.0718. The van der Waals surface area contributed by atoms with Gasteiger partial charge in [0.15, 0.2) is 0 Å². The largest absolute Gasteiger partial charge is 0.467 e. The van der Waals surface area contributed by atoms with Crippen molar-refractivity contribution >= 4 is 5.91 Å². The number of rotatable bonds is 3. The Hall–Kier alpha value is -1.37. The van der Waals surface area contributed by atoms with E-state index in [1.807, 2.05) is 0 Å². The zero-order valence-electron chi connectivity index (χ0n) is 10.7. The molecule has 2 heterocycles. The summed E-state index contributed by atoms with van der Waals surface area (Å²) in [7, 11) is 0. The number of furan rings is 1. The van der Waals surface area contributed by atoms with Gasteiger partial charge in [-0.2, -0.15) is 0 Å². The van der Waals surface area contributed by atoms with Crippen LogP contribution in [0.2, 0.25) is 0 Å². The zero-order valence-corrected chi connectivity index (χ0v) is 10.7. The van der Waals surface area contributed by atoms with E-state index >= 15 is 0 Å². The molecular weight excluding hydrogens is 234 g/mol. The number of hydrazine groups is 1. The van der Waals surface area contributed by atoms with Gasteiger partial charge in [-0.25, -0.2) is 5.84 Å². The Morgan fingerprint density at radius 1 is 1.50 bits per heavy atom. The molecule has 2 rings (SSSR count). The van der Waals surface area contributed by atoms with E-state index < -0.39 is 0 Å². The van der Waals surface area contributed by atoms with Gasteiger partial charge >= 0.3 is 0 Å². The van der Waals surface area contributed by atoms with Gasteiger partial charge in [0.1, 0.15) is 12.0 Å².